The summed E-state index contributed by atoms with van der Waals surface area (Å²) < 4.78 is 1.77. The monoisotopic (exact) mass is 380 g/mol. The Morgan fingerprint density at radius 2 is 1.86 bits per heavy atom. The lowest BCUT2D eigenvalue weighted by atomic mass is 10.0. The number of fused-ring (bicyclic) bond motifs is 1. The van der Waals surface area contributed by atoms with Crippen LogP contribution in [-0.2, 0) is 4.79 Å². The number of benzene rings is 1. The Kier molecular flexibility index (Phi) is 5.18. The fourth-order valence-corrected chi connectivity index (χ4v) is 3.10. The van der Waals surface area contributed by atoms with Crippen LogP contribution in [0.4, 0.5) is 0 Å². The van der Waals surface area contributed by atoms with Crippen LogP contribution >= 0.6 is 0 Å². The smallest absolute Gasteiger partial charge is 0.326 e. The third-order valence-corrected chi connectivity index (χ3v) is 4.97. The number of hydrogen-bond donors (Lipinski definition) is 1. The van der Waals surface area contributed by atoms with Crippen LogP contribution in [0.2, 0.25) is 0 Å². The van der Waals surface area contributed by atoms with Crippen molar-refractivity contribution in [1.29, 1.82) is 0 Å². The zero-order valence-corrected chi connectivity index (χ0v) is 16.7. The van der Waals surface area contributed by atoms with E-state index in [9.17, 15) is 14.7 Å². The molecule has 2 heterocycles. The number of carboxylic acids is 1. The SMILES string of the molecule is Cc1ccccc1-c1cc(C(=O)N(C)C(C)C(=O)O)c2cnn(C(C)C)c2n1. The number of hydrogen-bond acceptors (Lipinski definition) is 4. The summed E-state index contributed by atoms with van der Waals surface area (Å²) in [7, 11) is 1.49. The number of likely N-dealkylation sites (N-methyl/N-ethyl adjacent to an activating group) is 1. The highest BCUT2D eigenvalue weighted by atomic mass is 16.4. The second-order valence-corrected chi connectivity index (χ2v) is 7.22. The van der Waals surface area contributed by atoms with Gasteiger partial charge in [-0.3, -0.25) is 4.79 Å². The number of aliphatic carboxylic acids is 1. The molecule has 1 aromatic carbocycles. The number of carbonyl (C=O) groups is 2. The lowest BCUT2D eigenvalue weighted by Crippen LogP contribution is -2.40. The number of pyridine rings is 1. The number of rotatable bonds is 5. The Morgan fingerprint density at radius 1 is 1.18 bits per heavy atom. The van der Waals surface area contributed by atoms with Crippen molar-refractivity contribution in [3.05, 3.63) is 47.7 Å². The van der Waals surface area contributed by atoms with Crippen molar-refractivity contribution in [2.24, 2.45) is 0 Å². The number of nitrogens with zero attached hydrogens (tertiary/aromatic N) is 4. The highest BCUT2D eigenvalue weighted by Gasteiger charge is 2.26. The van der Waals surface area contributed by atoms with Gasteiger partial charge in [0.15, 0.2) is 5.65 Å². The molecule has 3 aromatic rings. The van der Waals surface area contributed by atoms with Gasteiger partial charge in [0.2, 0.25) is 0 Å². The lowest BCUT2D eigenvalue weighted by Gasteiger charge is -2.22. The predicted octanol–water partition coefficient (Wildman–Crippen LogP) is 3.53. The molecule has 0 bridgehead atoms. The van der Waals surface area contributed by atoms with Crippen molar-refractivity contribution in [3.8, 4) is 11.3 Å². The van der Waals surface area contributed by atoms with Gasteiger partial charge in [-0.25, -0.2) is 14.5 Å². The molecule has 1 N–H and O–H groups in total. The molecule has 7 nitrogen and oxygen atoms in total. The van der Waals surface area contributed by atoms with Crippen molar-refractivity contribution in [1.82, 2.24) is 19.7 Å². The summed E-state index contributed by atoms with van der Waals surface area (Å²) in [5, 5.41) is 14.3. The second-order valence-electron chi connectivity index (χ2n) is 7.22. The van der Waals surface area contributed by atoms with Crippen LogP contribution in [0.25, 0.3) is 22.3 Å². The van der Waals surface area contributed by atoms with Gasteiger partial charge < -0.3 is 10.0 Å². The number of aryl methyl sites for hydroxylation is 1. The minimum absolute atomic E-state index is 0.0655. The van der Waals surface area contributed by atoms with E-state index in [1.54, 1.807) is 16.9 Å². The van der Waals surface area contributed by atoms with Crippen LogP contribution in [0.1, 0.15) is 42.7 Å². The van der Waals surface area contributed by atoms with Gasteiger partial charge >= 0.3 is 5.97 Å². The van der Waals surface area contributed by atoms with Crippen LogP contribution in [0.5, 0.6) is 0 Å². The molecular formula is C21H24N4O3. The molecule has 28 heavy (non-hydrogen) atoms. The zero-order valence-electron chi connectivity index (χ0n) is 16.7. The molecule has 3 rings (SSSR count). The molecule has 0 saturated heterocycles. The highest BCUT2D eigenvalue weighted by molar-refractivity contribution is 6.07. The van der Waals surface area contributed by atoms with E-state index in [2.05, 4.69) is 5.10 Å². The lowest BCUT2D eigenvalue weighted by molar-refractivity contribution is -0.141. The quantitative estimate of drug-likeness (QED) is 0.731. The fraction of sp³-hybridized carbons (Fsp3) is 0.333. The first-order valence-electron chi connectivity index (χ1n) is 9.16. The summed E-state index contributed by atoms with van der Waals surface area (Å²) in [6, 6.07) is 8.66. The van der Waals surface area contributed by atoms with E-state index < -0.39 is 12.0 Å². The van der Waals surface area contributed by atoms with E-state index in [0.717, 1.165) is 11.1 Å². The molecule has 1 unspecified atom stereocenters. The van der Waals surface area contributed by atoms with E-state index in [-0.39, 0.29) is 11.9 Å². The van der Waals surface area contributed by atoms with Gasteiger partial charge in [0.25, 0.3) is 5.91 Å². The third kappa shape index (κ3) is 3.35. The molecule has 0 spiro atoms. The Labute approximate surface area is 163 Å². The average molecular weight is 380 g/mol. The van der Waals surface area contributed by atoms with Gasteiger partial charge in [-0.15, -0.1) is 0 Å². The van der Waals surface area contributed by atoms with E-state index >= 15 is 0 Å². The van der Waals surface area contributed by atoms with Crippen LogP contribution in [-0.4, -0.2) is 49.7 Å². The third-order valence-electron chi connectivity index (χ3n) is 4.97. The second kappa shape index (κ2) is 7.42. The Balaban J connectivity index is 2.25. The van der Waals surface area contributed by atoms with Crippen molar-refractivity contribution in [2.75, 3.05) is 7.05 Å². The van der Waals surface area contributed by atoms with Gasteiger partial charge in [0.1, 0.15) is 6.04 Å². The molecule has 146 valence electrons. The number of carbonyl (C=O) groups excluding carboxylic acids is 1. The maximum atomic E-state index is 13.1. The van der Waals surface area contributed by atoms with Crippen molar-refractivity contribution >= 4 is 22.9 Å². The summed E-state index contributed by atoms with van der Waals surface area (Å²) in [6.07, 6.45) is 1.62. The topological polar surface area (TPSA) is 88.3 Å². The molecular weight excluding hydrogens is 356 g/mol. The van der Waals surface area contributed by atoms with Crippen LogP contribution < -0.4 is 0 Å². The van der Waals surface area contributed by atoms with Gasteiger partial charge in [-0.2, -0.15) is 5.10 Å². The van der Waals surface area contributed by atoms with E-state index in [4.69, 9.17) is 4.98 Å². The van der Waals surface area contributed by atoms with Crippen LogP contribution in [0.3, 0.4) is 0 Å². The summed E-state index contributed by atoms with van der Waals surface area (Å²) in [5.41, 5.74) is 3.62. The molecule has 0 aliphatic carbocycles. The Morgan fingerprint density at radius 3 is 2.46 bits per heavy atom. The Hall–Kier alpha value is -3.22. The van der Waals surface area contributed by atoms with Crippen LogP contribution in [0, 0.1) is 6.92 Å². The zero-order chi connectivity index (χ0) is 20.6. The largest absolute Gasteiger partial charge is 0.480 e. The standard InChI is InChI=1S/C21H24N4O3/c1-12(2)25-19-17(11-22-25)16(20(26)24(5)14(4)21(27)28)10-18(23-19)15-9-7-6-8-13(15)3/h6-12,14H,1-5H3,(H,27,28). The number of aromatic nitrogens is 3. The minimum atomic E-state index is -1.06. The van der Waals surface area contributed by atoms with E-state index in [1.165, 1.54) is 18.9 Å². The highest BCUT2D eigenvalue weighted by Crippen LogP contribution is 2.29. The maximum absolute atomic E-state index is 13.1. The molecule has 0 aliphatic heterocycles. The summed E-state index contributed by atoms with van der Waals surface area (Å²) in [5.74, 6) is -1.43. The molecule has 0 aliphatic rings. The van der Waals surface area contributed by atoms with Crippen molar-refractivity contribution in [2.45, 2.75) is 39.8 Å². The van der Waals surface area contributed by atoms with Gasteiger partial charge in [-0.05, 0) is 39.3 Å². The molecule has 0 saturated carbocycles. The van der Waals surface area contributed by atoms with Crippen molar-refractivity contribution in [3.63, 3.8) is 0 Å². The molecule has 0 radical (unpaired) electrons. The summed E-state index contributed by atoms with van der Waals surface area (Å²) >= 11 is 0. The summed E-state index contributed by atoms with van der Waals surface area (Å²) in [6.45, 7) is 7.46. The normalized spacial score (nSPS) is 12.4. The first-order chi connectivity index (χ1) is 13.2. The number of amides is 1. The van der Waals surface area contributed by atoms with E-state index in [1.807, 2.05) is 45.0 Å². The molecule has 0 fully saturated rings. The fourth-order valence-electron chi connectivity index (χ4n) is 3.10. The molecule has 1 atom stereocenters. The van der Waals surface area contributed by atoms with Crippen LogP contribution in [0.15, 0.2) is 36.5 Å². The first-order valence-corrected chi connectivity index (χ1v) is 9.16. The Bertz CT molecular complexity index is 1050. The van der Waals surface area contributed by atoms with Gasteiger partial charge in [-0.1, -0.05) is 24.3 Å². The predicted molar refractivity (Wildman–Crippen MR) is 107 cm³/mol. The minimum Gasteiger partial charge on any atom is -0.480 e. The molecule has 2 aromatic heterocycles. The average Bonchev–Trinajstić information content (AvgIpc) is 3.10. The summed E-state index contributed by atoms with van der Waals surface area (Å²) in [4.78, 5) is 30.5. The van der Waals surface area contributed by atoms with Gasteiger partial charge in [0.05, 0.1) is 22.8 Å². The van der Waals surface area contributed by atoms with Crippen molar-refractivity contribution < 1.29 is 14.7 Å². The molecule has 1 amide bonds. The first kappa shape index (κ1) is 19.5. The number of carboxylic acid groups (broad SMARTS) is 1. The van der Waals surface area contributed by atoms with Gasteiger partial charge in [0, 0.05) is 18.7 Å². The maximum Gasteiger partial charge on any atom is 0.326 e. The van der Waals surface area contributed by atoms with E-state index in [0.29, 0.717) is 22.3 Å². The molecule has 7 heteroatoms.